The van der Waals surface area contributed by atoms with Crippen molar-refractivity contribution in [1.82, 2.24) is 36.4 Å². The molecule has 3 unspecified atom stereocenters. The number of ether oxygens (including phenoxy) is 2. The molecule has 5 rings (SSSR count). The third-order valence-corrected chi connectivity index (χ3v) is 7.72. The summed E-state index contributed by atoms with van der Waals surface area (Å²) in [4.78, 5) is 55.8. The number of allylic oxidation sites excluding steroid dienone is 1. The number of tetrazole rings is 1. The Hall–Kier alpha value is -5.41. The Bertz CT molecular complexity index is 1740. The second-order valence-electron chi connectivity index (χ2n) is 10.5. The number of rotatable bonds is 7. The number of nitrogens with one attached hydrogen (secondary N) is 4. The Labute approximate surface area is 274 Å². The summed E-state index contributed by atoms with van der Waals surface area (Å²) >= 11 is 6.22. The second kappa shape index (κ2) is 15.2. The average molecular weight is 662 g/mol. The van der Waals surface area contributed by atoms with Gasteiger partial charge in [-0.15, -0.1) is 5.10 Å². The van der Waals surface area contributed by atoms with Crippen molar-refractivity contribution in [2.24, 2.45) is 4.99 Å². The van der Waals surface area contributed by atoms with Gasteiger partial charge in [-0.3, -0.25) is 20.3 Å². The molecule has 0 radical (unpaired) electrons. The fourth-order valence-corrected chi connectivity index (χ4v) is 5.43. The summed E-state index contributed by atoms with van der Waals surface area (Å²) in [5.41, 5.74) is 8.19. The van der Waals surface area contributed by atoms with Gasteiger partial charge in [0.05, 0.1) is 31.0 Å². The van der Waals surface area contributed by atoms with Crippen LogP contribution in [-0.4, -0.2) is 75.6 Å². The number of anilines is 1. The molecule has 16 heteroatoms. The molecule has 2 aromatic carbocycles. The highest BCUT2D eigenvalue weighted by Gasteiger charge is 2.36. The van der Waals surface area contributed by atoms with Crippen molar-refractivity contribution < 1.29 is 28.7 Å². The normalized spacial score (nSPS) is 21.1. The highest BCUT2D eigenvalue weighted by molar-refractivity contribution is 6.41. The quantitative estimate of drug-likeness (QED) is 0.216. The van der Waals surface area contributed by atoms with Crippen LogP contribution in [0.3, 0.4) is 0 Å². The Morgan fingerprint density at radius 3 is 2.81 bits per heavy atom. The van der Waals surface area contributed by atoms with Crippen LogP contribution in [0.25, 0.3) is 11.8 Å². The van der Waals surface area contributed by atoms with E-state index in [1.165, 1.54) is 24.2 Å². The van der Waals surface area contributed by atoms with Crippen molar-refractivity contribution in [2.75, 3.05) is 19.0 Å². The fraction of sp³-hybridized carbons (Fsp3) is 0.290. The summed E-state index contributed by atoms with van der Waals surface area (Å²) in [5, 5.41) is 17.4. The first-order valence-corrected chi connectivity index (χ1v) is 15.1. The van der Waals surface area contributed by atoms with Crippen molar-refractivity contribution in [2.45, 2.75) is 44.2 Å². The van der Waals surface area contributed by atoms with Crippen molar-refractivity contribution in [3.8, 4) is 5.69 Å². The number of carbonyl (C=O) groups excluding carboxylic acids is 4. The van der Waals surface area contributed by atoms with E-state index in [-0.39, 0.29) is 35.9 Å². The van der Waals surface area contributed by atoms with Crippen LogP contribution in [0.5, 0.6) is 0 Å². The number of aromatic nitrogens is 4. The molecule has 4 N–H and O–H groups in total. The van der Waals surface area contributed by atoms with E-state index < -0.39 is 24.0 Å². The molecule has 3 aromatic rings. The molecule has 0 spiro atoms. The summed E-state index contributed by atoms with van der Waals surface area (Å²) in [5.74, 6) is -2.06. The number of amides is 3. The van der Waals surface area contributed by atoms with Gasteiger partial charge in [-0.25, -0.2) is 20.0 Å². The van der Waals surface area contributed by atoms with E-state index in [0.29, 0.717) is 46.8 Å². The molecule has 1 saturated heterocycles. The molecule has 2 bridgehead atoms. The van der Waals surface area contributed by atoms with E-state index in [0.717, 1.165) is 0 Å². The maximum Gasteiger partial charge on any atom is 0.411 e. The number of fused-ring (bicyclic) bond motifs is 4. The van der Waals surface area contributed by atoms with Gasteiger partial charge < -0.3 is 14.8 Å². The lowest BCUT2D eigenvalue weighted by atomic mass is 9.85. The summed E-state index contributed by atoms with van der Waals surface area (Å²) in [6, 6.07) is 9.15. The van der Waals surface area contributed by atoms with E-state index in [4.69, 9.17) is 21.1 Å². The Morgan fingerprint density at radius 2 is 2.04 bits per heavy atom. The average Bonchev–Trinajstić information content (AvgIpc) is 3.60. The smallest absolute Gasteiger partial charge is 0.411 e. The van der Waals surface area contributed by atoms with Crippen molar-refractivity contribution in [3.05, 3.63) is 77.1 Å². The van der Waals surface area contributed by atoms with Gasteiger partial charge in [-0.2, -0.15) is 4.68 Å². The molecule has 1 fully saturated rings. The van der Waals surface area contributed by atoms with Crippen LogP contribution in [0, 0.1) is 0 Å². The van der Waals surface area contributed by atoms with Gasteiger partial charge in [0.25, 0.3) is 0 Å². The zero-order valence-electron chi connectivity index (χ0n) is 25.5. The molecule has 3 atom stereocenters. The molecule has 1 aromatic heterocycles. The Kier molecular flexibility index (Phi) is 10.7. The maximum absolute atomic E-state index is 13.3. The molecule has 0 aliphatic carbocycles. The van der Waals surface area contributed by atoms with E-state index in [2.05, 4.69) is 42.0 Å². The number of benzene rings is 2. The highest BCUT2D eigenvalue weighted by atomic mass is 35.5. The number of methoxy groups -OCH3 is 1. The van der Waals surface area contributed by atoms with Crippen molar-refractivity contribution in [1.29, 1.82) is 0 Å². The minimum absolute atomic E-state index is 0.0122. The predicted molar refractivity (Wildman–Crippen MR) is 172 cm³/mol. The number of halogens is 1. The molecule has 47 heavy (non-hydrogen) atoms. The third kappa shape index (κ3) is 8.25. The first kappa shape index (κ1) is 33.0. The maximum atomic E-state index is 13.3. The second-order valence-corrected chi connectivity index (χ2v) is 11.0. The van der Waals surface area contributed by atoms with Crippen LogP contribution in [0.15, 0.2) is 65.9 Å². The van der Waals surface area contributed by atoms with Crippen LogP contribution in [0.1, 0.15) is 43.2 Å². The number of nitrogens with zero attached hydrogens (tertiary/aromatic N) is 5. The summed E-state index contributed by atoms with van der Waals surface area (Å²) in [6.45, 7) is 1.82. The number of esters is 1. The lowest BCUT2D eigenvalue weighted by Crippen LogP contribution is -2.60. The molecule has 2 aliphatic rings. The standard InChI is InChI=1S/C31H32ClN9O6/c1-3-47-30(44)24-7-5-4-6-23(36-28(42)13-8-18-14-19(32)9-12-27(18)41-17-33-39-40-41)26-16-22(29(43)38-37-26)21-11-10-20(15-25(21)35-24)34-31(45)46-2/h5,7-15,17,22-23,26,37H,3-4,6,16H2,1-2H3,(H,34,45)(H,36,42)(H,38,43)/b7-5-,13-8+,35-24-. The predicted octanol–water partition coefficient (Wildman–Crippen LogP) is 3.15. The molecule has 3 amide bonds. The highest BCUT2D eigenvalue weighted by Crippen LogP contribution is 2.35. The minimum Gasteiger partial charge on any atom is -0.461 e. The fourth-order valence-electron chi connectivity index (χ4n) is 5.25. The first-order valence-electron chi connectivity index (χ1n) is 14.7. The van der Waals surface area contributed by atoms with Crippen LogP contribution >= 0.6 is 11.6 Å². The van der Waals surface area contributed by atoms with E-state index >= 15 is 0 Å². The molecular weight excluding hydrogens is 630 g/mol. The lowest BCUT2D eigenvalue weighted by Gasteiger charge is -2.36. The molecule has 3 heterocycles. The van der Waals surface area contributed by atoms with Crippen molar-refractivity contribution >= 4 is 58.6 Å². The number of carbonyl (C=O) groups is 4. The molecule has 244 valence electrons. The van der Waals surface area contributed by atoms with Gasteiger partial charge in [0.15, 0.2) is 0 Å². The summed E-state index contributed by atoms with van der Waals surface area (Å²) < 4.78 is 11.4. The van der Waals surface area contributed by atoms with E-state index in [1.807, 2.05) is 0 Å². The minimum atomic E-state index is -0.709. The van der Waals surface area contributed by atoms with E-state index in [1.54, 1.807) is 61.5 Å². The van der Waals surface area contributed by atoms with Gasteiger partial charge >= 0.3 is 12.1 Å². The largest absolute Gasteiger partial charge is 0.461 e. The van der Waals surface area contributed by atoms with Crippen LogP contribution in [0.2, 0.25) is 5.02 Å². The number of hydrogen-bond acceptors (Lipinski definition) is 11. The molecular formula is C31H32ClN9O6. The van der Waals surface area contributed by atoms with Crippen LogP contribution in [0.4, 0.5) is 16.2 Å². The van der Waals surface area contributed by atoms with Gasteiger partial charge in [0.2, 0.25) is 11.8 Å². The summed E-state index contributed by atoms with van der Waals surface area (Å²) in [7, 11) is 1.24. The monoisotopic (exact) mass is 661 g/mol. The first-order chi connectivity index (χ1) is 22.7. The van der Waals surface area contributed by atoms with Crippen LogP contribution < -0.4 is 21.5 Å². The molecule has 0 saturated carbocycles. The van der Waals surface area contributed by atoms with Gasteiger partial charge in [-0.1, -0.05) is 23.7 Å². The van der Waals surface area contributed by atoms with E-state index in [9.17, 15) is 19.2 Å². The van der Waals surface area contributed by atoms with Gasteiger partial charge in [-0.05, 0) is 84.7 Å². The molecule has 2 aliphatic heterocycles. The van der Waals surface area contributed by atoms with Gasteiger partial charge in [0.1, 0.15) is 12.0 Å². The third-order valence-electron chi connectivity index (χ3n) is 7.48. The SMILES string of the molecule is CCOC(=O)C1=N\c2cc(NC(=O)OC)ccc2C2CC(NNC2=O)C(NC(=O)/C=C/c2cc(Cl)ccc2-n2cnnn2)CC/C=C\1. The van der Waals surface area contributed by atoms with Crippen molar-refractivity contribution in [3.63, 3.8) is 0 Å². The number of hydrogen-bond donors (Lipinski definition) is 4. The topological polar surface area (TPSA) is 191 Å². The Balaban J connectivity index is 1.45. The zero-order valence-corrected chi connectivity index (χ0v) is 26.2. The van der Waals surface area contributed by atoms with Crippen LogP contribution in [-0.2, 0) is 23.9 Å². The number of aliphatic imine (C=N–C) groups is 1. The Morgan fingerprint density at radius 1 is 1.19 bits per heavy atom. The number of hydrazine groups is 1. The molecule has 15 nitrogen and oxygen atoms in total. The van der Waals surface area contributed by atoms with Gasteiger partial charge in [0, 0.05) is 34.4 Å². The summed E-state index contributed by atoms with van der Waals surface area (Å²) in [6.07, 6.45) is 8.28. The lowest BCUT2D eigenvalue weighted by molar-refractivity contribution is -0.135. The zero-order chi connectivity index (χ0) is 33.3.